The Hall–Kier alpha value is -0.650. The van der Waals surface area contributed by atoms with Crippen molar-refractivity contribution in [3.8, 4) is 0 Å². The first-order chi connectivity index (χ1) is 9.08. The van der Waals surface area contributed by atoms with Gasteiger partial charge in [-0.05, 0) is 32.9 Å². The van der Waals surface area contributed by atoms with Gasteiger partial charge in [0.1, 0.15) is 6.61 Å². The minimum atomic E-state index is 0.106. The van der Waals surface area contributed by atoms with Crippen molar-refractivity contribution in [1.82, 2.24) is 9.80 Å². The molecule has 0 aromatic carbocycles. The number of amides is 1. The number of likely N-dealkylation sites (tertiary alicyclic amines) is 1. The Morgan fingerprint density at radius 2 is 2.21 bits per heavy atom. The van der Waals surface area contributed by atoms with Crippen LogP contribution >= 0.6 is 0 Å². The lowest BCUT2D eigenvalue weighted by molar-refractivity contribution is -0.136. The molecule has 3 atom stereocenters. The van der Waals surface area contributed by atoms with Crippen molar-refractivity contribution in [2.75, 3.05) is 47.0 Å². The van der Waals surface area contributed by atoms with E-state index in [4.69, 9.17) is 9.47 Å². The Labute approximate surface area is 115 Å². The summed E-state index contributed by atoms with van der Waals surface area (Å²) in [7, 11) is 4.14. The number of nitrogens with zero attached hydrogens (tertiary/aromatic N) is 2. The topological polar surface area (TPSA) is 42.0 Å². The van der Waals surface area contributed by atoms with Crippen LogP contribution in [0.15, 0.2) is 0 Å². The second-order valence-corrected chi connectivity index (χ2v) is 5.96. The van der Waals surface area contributed by atoms with Gasteiger partial charge in [0.25, 0.3) is 0 Å². The minimum Gasteiger partial charge on any atom is -0.376 e. The highest BCUT2D eigenvalue weighted by molar-refractivity contribution is 5.77. The summed E-state index contributed by atoms with van der Waals surface area (Å²) in [4.78, 5) is 16.2. The second kappa shape index (κ2) is 6.68. The van der Waals surface area contributed by atoms with Crippen molar-refractivity contribution in [1.29, 1.82) is 0 Å². The lowest BCUT2D eigenvalue weighted by atomic mass is 10.1. The zero-order valence-corrected chi connectivity index (χ0v) is 12.3. The van der Waals surface area contributed by atoms with Crippen LogP contribution < -0.4 is 0 Å². The molecule has 0 unspecified atom stereocenters. The molecule has 5 heteroatoms. The number of rotatable bonds is 5. The highest BCUT2D eigenvalue weighted by Crippen LogP contribution is 2.20. The summed E-state index contributed by atoms with van der Waals surface area (Å²) in [5.41, 5.74) is 0. The van der Waals surface area contributed by atoms with Gasteiger partial charge in [-0.25, -0.2) is 0 Å². The molecule has 2 aliphatic heterocycles. The summed E-state index contributed by atoms with van der Waals surface area (Å²) in [6.07, 6.45) is 2.35. The van der Waals surface area contributed by atoms with Gasteiger partial charge in [0.15, 0.2) is 0 Å². The Balaban J connectivity index is 1.68. The van der Waals surface area contributed by atoms with Crippen LogP contribution in [-0.4, -0.2) is 74.9 Å². The molecular formula is C14H26N2O3. The van der Waals surface area contributed by atoms with Gasteiger partial charge < -0.3 is 19.3 Å². The summed E-state index contributed by atoms with van der Waals surface area (Å²) >= 11 is 0. The minimum absolute atomic E-state index is 0.106. The maximum atomic E-state index is 12.1. The Kier molecular flexibility index (Phi) is 5.19. The van der Waals surface area contributed by atoms with Crippen molar-refractivity contribution >= 4 is 5.91 Å². The number of hydrogen-bond donors (Lipinski definition) is 0. The van der Waals surface area contributed by atoms with E-state index < -0.39 is 0 Å². The highest BCUT2D eigenvalue weighted by Gasteiger charge is 2.33. The van der Waals surface area contributed by atoms with E-state index >= 15 is 0 Å². The van der Waals surface area contributed by atoms with E-state index in [-0.39, 0.29) is 18.6 Å². The van der Waals surface area contributed by atoms with Gasteiger partial charge >= 0.3 is 0 Å². The molecule has 0 aliphatic carbocycles. The zero-order chi connectivity index (χ0) is 13.8. The Morgan fingerprint density at radius 1 is 1.42 bits per heavy atom. The summed E-state index contributed by atoms with van der Waals surface area (Å²) < 4.78 is 11.0. The summed E-state index contributed by atoms with van der Waals surface area (Å²) in [6.45, 7) is 5.42. The second-order valence-electron chi connectivity index (χ2n) is 5.96. The van der Waals surface area contributed by atoms with Crippen LogP contribution in [0.4, 0.5) is 0 Å². The maximum absolute atomic E-state index is 12.1. The van der Waals surface area contributed by atoms with Crippen LogP contribution in [0.1, 0.15) is 19.8 Å². The predicted octanol–water partition coefficient (Wildman–Crippen LogP) is 0.591. The standard InChI is InChI=1S/C14H26N2O3/c1-11-7-16(8-13(11)15(2)3)14(17)10-18-9-12-5-4-6-19-12/h11-13H,4-10H2,1-3H3/t11-,12+,13-/m1/s1. The van der Waals surface area contributed by atoms with Gasteiger partial charge in [0.2, 0.25) is 5.91 Å². The van der Waals surface area contributed by atoms with E-state index in [1.807, 2.05) is 4.90 Å². The smallest absolute Gasteiger partial charge is 0.248 e. The zero-order valence-electron chi connectivity index (χ0n) is 12.3. The first-order valence-electron chi connectivity index (χ1n) is 7.21. The average molecular weight is 270 g/mol. The van der Waals surface area contributed by atoms with Crippen molar-refractivity contribution < 1.29 is 14.3 Å². The molecule has 2 saturated heterocycles. The van der Waals surface area contributed by atoms with E-state index in [9.17, 15) is 4.79 Å². The van der Waals surface area contributed by atoms with E-state index in [0.717, 1.165) is 32.5 Å². The molecule has 0 N–H and O–H groups in total. The fourth-order valence-corrected chi connectivity index (χ4v) is 2.97. The molecule has 0 bridgehead atoms. The molecule has 0 saturated carbocycles. The third-order valence-corrected chi connectivity index (χ3v) is 4.14. The van der Waals surface area contributed by atoms with E-state index in [0.29, 0.717) is 18.6 Å². The number of likely N-dealkylation sites (N-methyl/N-ethyl adjacent to an activating group) is 1. The molecule has 2 rings (SSSR count). The van der Waals surface area contributed by atoms with Crippen LogP contribution in [0, 0.1) is 5.92 Å². The fourth-order valence-electron chi connectivity index (χ4n) is 2.97. The molecule has 0 aromatic rings. The average Bonchev–Trinajstić information content (AvgIpc) is 2.98. The molecule has 2 heterocycles. The van der Waals surface area contributed by atoms with E-state index in [2.05, 4.69) is 25.9 Å². The van der Waals surface area contributed by atoms with E-state index in [1.165, 1.54) is 0 Å². The van der Waals surface area contributed by atoms with Crippen LogP contribution in [0.5, 0.6) is 0 Å². The molecule has 0 radical (unpaired) electrons. The number of hydrogen-bond acceptors (Lipinski definition) is 4. The van der Waals surface area contributed by atoms with Crippen molar-refractivity contribution in [3.63, 3.8) is 0 Å². The maximum Gasteiger partial charge on any atom is 0.248 e. The van der Waals surface area contributed by atoms with E-state index in [1.54, 1.807) is 0 Å². The largest absolute Gasteiger partial charge is 0.376 e. The molecule has 2 fully saturated rings. The molecule has 5 nitrogen and oxygen atoms in total. The van der Waals surface area contributed by atoms with Crippen molar-refractivity contribution in [3.05, 3.63) is 0 Å². The number of carbonyl (C=O) groups excluding carboxylic acids is 1. The monoisotopic (exact) mass is 270 g/mol. The molecule has 1 amide bonds. The molecule has 19 heavy (non-hydrogen) atoms. The quantitative estimate of drug-likeness (QED) is 0.733. The predicted molar refractivity (Wildman–Crippen MR) is 73.0 cm³/mol. The number of carbonyl (C=O) groups is 1. The lowest BCUT2D eigenvalue weighted by Gasteiger charge is -2.22. The third kappa shape index (κ3) is 3.91. The summed E-state index contributed by atoms with van der Waals surface area (Å²) in [5.74, 6) is 0.631. The van der Waals surface area contributed by atoms with Gasteiger partial charge in [0.05, 0.1) is 12.7 Å². The third-order valence-electron chi connectivity index (χ3n) is 4.14. The first-order valence-corrected chi connectivity index (χ1v) is 7.21. The van der Waals surface area contributed by atoms with Crippen molar-refractivity contribution in [2.24, 2.45) is 5.92 Å². The van der Waals surface area contributed by atoms with Gasteiger partial charge in [-0.1, -0.05) is 6.92 Å². The molecule has 110 valence electrons. The molecule has 0 spiro atoms. The summed E-state index contributed by atoms with van der Waals surface area (Å²) in [5, 5.41) is 0. The molecule has 0 aromatic heterocycles. The highest BCUT2D eigenvalue weighted by atomic mass is 16.5. The number of ether oxygens (including phenoxy) is 2. The first kappa shape index (κ1) is 14.8. The molecular weight excluding hydrogens is 244 g/mol. The van der Waals surface area contributed by atoms with Crippen LogP contribution in [0.25, 0.3) is 0 Å². The molecule has 2 aliphatic rings. The van der Waals surface area contributed by atoms with Crippen LogP contribution in [0.2, 0.25) is 0 Å². The van der Waals surface area contributed by atoms with Crippen molar-refractivity contribution in [2.45, 2.75) is 31.9 Å². The van der Waals surface area contributed by atoms with Gasteiger partial charge in [-0.2, -0.15) is 0 Å². The lowest BCUT2D eigenvalue weighted by Crippen LogP contribution is -2.37. The Bertz CT molecular complexity index is 303. The fraction of sp³-hybridized carbons (Fsp3) is 0.929. The van der Waals surface area contributed by atoms with Crippen LogP contribution in [-0.2, 0) is 14.3 Å². The summed E-state index contributed by atoms with van der Waals surface area (Å²) in [6, 6.07) is 0.460. The normalized spacial score (nSPS) is 31.4. The SMILES string of the molecule is C[C@@H]1CN(C(=O)COC[C@@H]2CCCO2)C[C@H]1N(C)C. The van der Waals surface area contributed by atoms with Gasteiger partial charge in [0, 0.05) is 25.7 Å². The van der Waals surface area contributed by atoms with Gasteiger partial charge in [-0.15, -0.1) is 0 Å². The van der Waals surface area contributed by atoms with Gasteiger partial charge in [-0.3, -0.25) is 4.79 Å². The van der Waals surface area contributed by atoms with Crippen LogP contribution in [0.3, 0.4) is 0 Å². The Morgan fingerprint density at radius 3 is 2.79 bits per heavy atom.